The molecule has 0 heterocycles. The van der Waals surface area contributed by atoms with Crippen molar-refractivity contribution in [2.75, 3.05) is 13.6 Å². The summed E-state index contributed by atoms with van der Waals surface area (Å²) in [4.78, 5) is 0. The van der Waals surface area contributed by atoms with Gasteiger partial charge in [0.1, 0.15) is 5.75 Å². The van der Waals surface area contributed by atoms with E-state index in [0.29, 0.717) is 5.02 Å². The highest BCUT2D eigenvalue weighted by Crippen LogP contribution is 2.23. The first-order valence-corrected chi connectivity index (χ1v) is 4.24. The van der Waals surface area contributed by atoms with Crippen molar-refractivity contribution >= 4 is 11.6 Å². The van der Waals surface area contributed by atoms with Gasteiger partial charge in [0, 0.05) is 0 Å². The summed E-state index contributed by atoms with van der Waals surface area (Å²) in [6, 6.07) is 5.28. The smallest absolute Gasteiger partial charge is 0.134 e. The lowest BCUT2D eigenvalue weighted by Crippen LogP contribution is -2.10. The number of hydrogen-bond donors (Lipinski definition) is 2. The monoisotopic (exact) mass is 185 g/mol. The number of hydrogen-bond acceptors (Lipinski definition) is 2. The molecule has 0 radical (unpaired) electrons. The van der Waals surface area contributed by atoms with Gasteiger partial charge in [-0.2, -0.15) is 0 Å². The highest BCUT2D eigenvalue weighted by Gasteiger charge is 1.98. The van der Waals surface area contributed by atoms with Crippen molar-refractivity contribution in [2.24, 2.45) is 0 Å². The number of rotatable bonds is 3. The minimum absolute atomic E-state index is 0.143. The summed E-state index contributed by atoms with van der Waals surface area (Å²) in [6.45, 7) is 0.918. The van der Waals surface area contributed by atoms with Crippen LogP contribution in [0.5, 0.6) is 5.75 Å². The zero-order valence-electron chi connectivity index (χ0n) is 6.97. The lowest BCUT2D eigenvalue weighted by Gasteiger charge is -2.02. The molecule has 0 fully saturated rings. The van der Waals surface area contributed by atoms with Crippen LogP contribution in [0.15, 0.2) is 18.2 Å². The van der Waals surface area contributed by atoms with Crippen LogP contribution in [0.2, 0.25) is 5.02 Å². The number of phenolic OH excluding ortho intramolecular Hbond substituents is 1. The number of nitrogens with one attached hydrogen (secondary N) is 1. The van der Waals surface area contributed by atoms with E-state index in [2.05, 4.69) is 5.32 Å². The van der Waals surface area contributed by atoms with Gasteiger partial charge in [0.15, 0.2) is 0 Å². The van der Waals surface area contributed by atoms with Gasteiger partial charge in [-0.1, -0.05) is 17.7 Å². The van der Waals surface area contributed by atoms with E-state index in [-0.39, 0.29) is 5.75 Å². The third-order valence-electron chi connectivity index (χ3n) is 1.68. The average Bonchev–Trinajstić information content (AvgIpc) is 2.07. The lowest BCUT2D eigenvalue weighted by molar-refractivity contribution is 0.475. The third kappa shape index (κ3) is 2.40. The highest BCUT2D eigenvalue weighted by atomic mass is 35.5. The fourth-order valence-corrected chi connectivity index (χ4v) is 1.18. The molecule has 0 atom stereocenters. The van der Waals surface area contributed by atoms with E-state index in [9.17, 15) is 0 Å². The van der Waals surface area contributed by atoms with Gasteiger partial charge in [0.2, 0.25) is 0 Å². The number of aromatic hydroxyl groups is 1. The maximum Gasteiger partial charge on any atom is 0.134 e. The molecule has 0 saturated carbocycles. The van der Waals surface area contributed by atoms with Crippen molar-refractivity contribution in [1.82, 2.24) is 5.32 Å². The molecule has 1 aromatic rings. The molecule has 0 aromatic heterocycles. The van der Waals surface area contributed by atoms with Crippen LogP contribution in [0.3, 0.4) is 0 Å². The second kappa shape index (κ2) is 4.33. The largest absolute Gasteiger partial charge is 0.506 e. The van der Waals surface area contributed by atoms with Crippen molar-refractivity contribution in [3.63, 3.8) is 0 Å². The number of benzene rings is 1. The van der Waals surface area contributed by atoms with Gasteiger partial charge >= 0.3 is 0 Å². The van der Waals surface area contributed by atoms with Gasteiger partial charge in [-0.3, -0.25) is 0 Å². The summed E-state index contributed by atoms with van der Waals surface area (Å²) in [5.74, 6) is 0.143. The predicted molar refractivity (Wildman–Crippen MR) is 50.7 cm³/mol. The van der Waals surface area contributed by atoms with Crippen LogP contribution in [-0.2, 0) is 6.42 Å². The van der Waals surface area contributed by atoms with Crippen LogP contribution in [0.1, 0.15) is 5.56 Å². The molecule has 3 heteroatoms. The number of halogens is 1. The molecule has 12 heavy (non-hydrogen) atoms. The normalized spacial score (nSPS) is 10.2. The molecule has 0 aliphatic heterocycles. The molecule has 1 rings (SSSR count). The van der Waals surface area contributed by atoms with E-state index in [0.717, 1.165) is 18.5 Å². The molecular weight excluding hydrogens is 174 g/mol. The van der Waals surface area contributed by atoms with Gasteiger partial charge in [-0.25, -0.2) is 0 Å². The zero-order valence-corrected chi connectivity index (χ0v) is 7.73. The molecule has 1 aromatic carbocycles. The van der Waals surface area contributed by atoms with Crippen molar-refractivity contribution < 1.29 is 5.11 Å². The third-order valence-corrected chi connectivity index (χ3v) is 1.98. The van der Waals surface area contributed by atoms with Crippen LogP contribution in [0.25, 0.3) is 0 Å². The summed E-state index contributed by atoms with van der Waals surface area (Å²) in [5.41, 5.74) is 1.13. The second-order valence-corrected chi connectivity index (χ2v) is 3.05. The molecule has 0 spiro atoms. The quantitative estimate of drug-likeness (QED) is 0.753. The molecule has 0 saturated heterocycles. The maximum absolute atomic E-state index is 9.12. The van der Waals surface area contributed by atoms with E-state index in [1.807, 2.05) is 13.1 Å². The Morgan fingerprint density at radius 2 is 2.25 bits per heavy atom. The molecule has 2 nitrogen and oxygen atoms in total. The Morgan fingerprint density at radius 3 is 2.83 bits per heavy atom. The number of phenols is 1. The van der Waals surface area contributed by atoms with Gasteiger partial charge in [-0.15, -0.1) is 0 Å². The van der Waals surface area contributed by atoms with Crippen LogP contribution >= 0.6 is 11.6 Å². The molecule has 0 unspecified atom stereocenters. The minimum Gasteiger partial charge on any atom is -0.506 e. The van der Waals surface area contributed by atoms with E-state index in [1.54, 1.807) is 12.1 Å². The maximum atomic E-state index is 9.12. The standard InChI is InChI=1S/C9H12ClNO/c1-11-5-4-7-2-3-9(12)8(10)6-7/h2-3,6,11-12H,4-5H2,1H3. The Morgan fingerprint density at radius 1 is 1.50 bits per heavy atom. The van der Waals surface area contributed by atoms with Crippen molar-refractivity contribution in [2.45, 2.75) is 6.42 Å². The van der Waals surface area contributed by atoms with Gasteiger partial charge < -0.3 is 10.4 Å². The molecular formula is C9H12ClNO. The lowest BCUT2D eigenvalue weighted by atomic mass is 10.1. The first kappa shape index (κ1) is 9.36. The second-order valence-electron chi connectivity index (χ2n) is 2.64. The Labute approximate surface area is 77.2 Å². The van der Waals surface area contributed by atoms with E-state index < -0.39 is 0 Å². The molecule has 0 bridgehead atoms. The first-order chi connectivity index (χ1) is 5.74. The van der Waals surface area contributed by atoms with Crippen molar-refractivity contribution in [1.29, 1.82) is 0 Å². The van der Waals surface area contributed by atoms with Crippen molar-refractivity contribution in [3.8, 4) is 5.75 Å². The van der Waals surface area contributed by atoms with Crippen molar-refractivity contribution in [3.05, 3.63) is 28.8 Å². The van der Waals surface area contributed by atoms with Crippen LogP contribution in [-0.4, -0.2) is 18.7 Å². The number of likely N-dealkylation sites (N-methyl/N-ethyl adjacent to an activating group) is 1. The Balaban J connectivity index is 2.69. The predicted octanol–water partition coefficient (Wildman–Crippen LogP) is 1.81. The van der Waals surface area contributed by atoms with Crippen LogP contribution in [0, 0.1) is 0 Å². The van der Waals surface area contributed by atoms with Gasteiger partial charge in [0.05, 0.1) is 5.02 Å². The average molecular weight is 186 g/mol. The van der Waals surface area contributed by atoms with Gasteiger partial charge in [0.25, 0.3) is 0 Å². The minimum atomic E-state index is 0.143. The summed E-state index contributed by atoms with van der Waals surface area (Å²) >= 11 is 5.72. The Bertz CT molecular complexity index is 263. The summed E-state index contributed by atoms with van der Waals surface area (Å²) < 4.78 is 0. The topological polar surface area (TPSA) is 32.3 Å². The van der Waals surface area contributed by atoms with E-state index >= 15 is 0 Å². The molecule has 0 aliphatic rings. The summed E-state index contributed by atoms with van der Waals surface area (Å²) in [6.07, 6.45) is 0.927. The molecule has 0 amide bonds. The highest BCUT2D eigenvalue weighted by molar-refractivity contribution is 6.32. The first-order valence-electron chi connectivity index (χ1n) is 3.86. The van der Waals surface area contributed by atoms with E-state index in [4.69, 9.17) is 16.7 Å². The molecule has 66 valence electrons. The fourth-order valence-electron chi connectivity index (χ4n) is 0.975. The Hall–Kier alpha value is -0.730. The fraction of sp³-hybridized carbons (Fsp3) is 0.333. The van der Waals surface area contributed by atoms with Crippen LogP contribution in [0.4, 0.5) is 0 Å². The summed E-state index contributed by atoms with van der Waals surface area (Å²) in [5, 5.41) is 12.6. The zero-order chi connectivity index (χ0) is 8.97. The van der Waals surface area contributed by atoms with Crippen LogP contribution < -0.4 is 5.32 Å². The summed E-state index contributed by atoms with van der Waals surface area (Å²) in [7, 11) is 1.90. The SMILES string of the molecule is CNCCc1ccc(O)c(Cl)c1. The molecule has 0 aliphatic carbocycles. The van der Waals surface area contributed by atoms with E-state index in [1.165, 1.54) is 0 Å². The Kier molecular flexibility index (Phi) is 3.38. The van der Waals surface area contributed by atoms with Gasteiger partial charge in [-0.05, 0) is 37.7 Å². The molecule has 2 N–H and O–H groups in total.